The van der Waals surface area contributed by atoms with Gasteiger partial charge in [-0.3, -0.25) is 14.4 Å². The molecule has 0 rings (SSSR count). The molecule has 0 heterocycles. The molecule has 0 aliphatic rings. The van der Waals surface area contributed by atoms with Gasteiger partial charge in [-0.25, -0.2) is 0 Å². The van der Waals surface area contributed by atoms with E-state index in [1.807, 2.05) is 0 Å². The Labute approximate surface area is 339 Å². The Bertz CT molecular complexity index is 1020. The largest absolute Gasteiger partial charge is 0.462 e. The molecule has 6 nitrogen and oxygen atoms in total. The van der Waals surface area contributed by atoms with Gasteiger partial charge in [-0.05, 0) is 89.9 Å². The fraction of sp³-hybridized carbons (Fsp3) is 0.735. The third-order valence-electron chi connectivity index (χ3n) is 9.44. The van der Waals surface area contributed by atoms with Crippen LogP contribution in [-0.4, -0.2) is 37.2 Å². The minimum atomic E-state index is -0.782. The SMILES string of the molecule is CC/C=C\C/C=C\C/C=C\CCCCCCCCCC(=O)OCC(COC(=O)CCCCCCC/C=C\CCC)OC(=O)CCCCCCC/C=C\CCC. The summed E-state index contributed by atoms with van der Waals surface area (Å²) in [5.41, 5.74) is 0. The van der Waals surface area contributed by atoms with Crippen LogP contribution in [0.4, 0.5) is 0 Å². The van der Waals surface area contributed by atoms with Gasteiger partial charge in [0, 0.05) is 19.3 Å². The van der Waals surface area contributed by atoms with Crippen molar-refractivity contribution in [2.45, 2.75) is 219 Å². The van der Waals surface area contributed by atoms with E-state index in [9.17, 15) is 14.4 Å². The lowest BCUT2D eigenvalue weighted by atomic mass is 10.1. The summed E-state index contributed by atoms with van der Waals surface area (Å²) in [6.45, 7) is 6.36. The lowest BCUT2D eigenvalue weighted by molar-refractivity contribution is -0.167. The first-order chi connectivity index (χ1) is 27.0. The average molecular weight is 769 g/mol. The highest BCUT2D eigenvalue weighted by molar-refractivity contribution is 5.71. The van der Waals surface area contributed by atoms with Gasteiger partial charge in [0.15, 0.2) is 6.10 Å². The zero-order valence-corrected chi connectivity index (χ0v) is 35.9. The van der Waals surface area contributed by atoms with E-state index in [0.717, 1.165) is 116 Å². The fourth-order valence-electron chi connectivity index (χ4n) is 6.05. The first-order valence-corrected chi connectivity index (χ1v) is 22.8. The number of hydrogen-bond acceptors (Lipinski definition) is 6. The molecule has 0 aliphatic carbocycles. The molecule has 0 spiro atoms. The first kappa shape index (κ1) is 52.1. The van der Waals surface area contributed by atoms with E-state index in [2.05, 4.69) is 81.5 Å². The predicted octanol–water partition coefficient (Wildman–Crippen LogP) is 14.5. The molecule has 0 saturated carbocycles. The second kappa shape index (κ2) is 43.8. The standard InChI is InChI=1S/C49H84O6/c1-4-7-10-13-16-19-22-23-24-25-26-27-28-31-33-36-39-42-48(51)54-45-46(55-49(52)43-40-37-34-30-21-18-15-12-9-6-3)44-53-47(50)41-38-35-32-29-20-17-14-11-8-5-2/h7,10-12,14-16,19,23-24,46H,4-6,8-9,13,17-18,20-22,25-45H2,1-3H3/b10-7-,14-11-,15-12-,19-16-,24-23-. The van der Waals surface area contributed by atoms with Gasteiger partial charge in [0.1, 0.15) is 13.2 Å². The third-order valence-corrected chi connectivity index (χ3v) is 9.44. The summed E-state index contributed by atoms with van der Waals surface area (Å²) in [4.78, 5) is 37.7. The highest BCUT2D eigenvalue weighted by Gasteiger charge is 2.19. The number of carbonyl (C=O) groups is 3. The summed E-state index contributed by atoms with van der Waals surface area (Å²) in [5, 5.41) is 0. The van der Waals surface area contributed by atoms with Crippen LogP contribution >= 0.6 is 0 Å². The molecule has 0 aromatic heterocycles. The van der Waals surface area contributed by atoms with Crippen molar-refractivity contribution in [2.24, 2.45) is 0 Å². The molecule has 0 amide bonds. The molecule has 0 aromatic rings. The van der Waals surface area contributed by atoms with Crippen molar-refractivity contribution in [2.75, 3.05) is 13.2 Å². The van der Waals surface area contributed by atoms with Crippen LogP contribution in [0.15, 0.2) is 60.8 Å². The molecule has 0 N–H and O–H groups in total. The van der Waals surface area contributed by atoms with Crippen LogP contribution in [0.25, 0.3) is 0 Å². The van der Waals surface area contributed by atoms with Crippen LogP contribution in [0, 0.1) is 0 Å². The number of rotatable bonds is 40. The van der Waals surface area contributed by atoms with Crippen LogP contribution in [0.1, 0.15) is 213 Å². The minimum absolute atomic E-state index is 0.0860. The Morgan fingerprint density at radius 2 is 0.709 bits per heavy atom. The van der Waals surface area contributed by atoms with Crippen molar-refractivity contribution in [3.05, 3.63) is 60.8 Å². The van der Waals surface area contributed by atoms with E-state index in [1.54, 1.807) is 0 Å². The molecule has 0 aliphatic heterocycles. The predicted molar refractivity (Wildman–Crippen MR) is 233 cm³/mol. The van der Waals surface area contributed by atoms with E-state index >= 15 is 0 Å². The molecule has 0 aromatic carbocycles. The summed E-state index contributed by atoms with van der Waals surface area (Å²) in [6, 6.07) is 0. The zero-order chi connectivity index (χ0) is 40.1. The van der Waals surface area contributed by atoms with Crippen molar-refractivity contribution in [1.29, 1.82) is 0 Å². The molecule has 0 radical (unpaired) electrons. The molecule has 1 unspecified atom stereocenters. The van der Waals surface area contributed by atoms with Crippen LogP contribution in [0.5, 0.6) is 0 Å². The molecule has 0 saturated heterocycles. The Morgan fingerprint density at radius 3 is 1.13 bits per heavy atom. The molecule has 55 heavy (non-hydrogen) atoms. The Morgan fingerprint density at radius 1 is 0.382 bits per heavy atom. The summed E-state index contributed by atoms with van der Waals surface area (Å²) in [6.07, 6.45) is 52.1. The maximum absolute atomic E-state index is 12.7. The molecule has 1 atom stereocenters. The lowest BCUT2D eigenvalue weighted by Crippen LogP contribution is -2.30. The van der Waals surface area contributed by atoms with E-state index in [4.69, 9.17) is 14.2 Å². The maximum atomic E-state index is 12.7. The van der Waals surface area contributed by atoms with Gasteiger partial charge in [-0.15, -0.1) is 0 Å². The summed E-state index contributed by atoms with van der Waals surface area (Å²) < 4.78 is 16.7. The zero-order valence-electron chi connectivity index (χ0n) is 35.9. The van der Waals surface area contributed by atoms with Crippen molar-refractivity contribution in [1.82, 2.24) is 0 Å². The van der Waals surface area contributed by atoms with Crippen LogP contribution in [-0.2, 0) is 28.6 Å². The third kappa shape index (κ3) is 42.1. The van der Waals surface area contributed by atoms with E-state index in [-0.39, 0.29) is 31.1 Å². The quantitative estimate of drug-likeness (QED) is 0.0267. The molecule has 6 heteroatoms. The average Bonchev–Trinajstić information content (AvgIpc) is 3.18. The highest BCUT2D eigenvalue weighted by atomic mass is 16.6. The Kier molecular flexibility index (Phi) is 41.5. The lowest BCUT2D eigenvalue weighted by Gasteiger charge is -2.18. The van der Waals surface area contributed by atoms with Gasteiger partial charge in [-0.2, -0.15) is 0 Å². The molecular formula is C49H84O6. The number of unbranched alkanes of at least 4 members (excludes halogenated alkanes) is 19. The summed E-state index contributed by atoms with van der Waals surface area (Å²) in [5.74, 6) is -0.921. The van der Waals surface area contributed by atoms with Gasteiger partial charge in [0.2, 0.25) is 0 Å². The molecular weight excluding hydrogens is 685 g/mol. The maximum Gasteiger partial charge on any atom is 0.306 e. The van der Waals surface area contributed by atoms with Crippen LogP contribution in [0.3, 0.4) is 0 Å². The van der Waals surface area contributed by atoms with Crippen molar-refractivity contribution in [3.8, 4) is 0 Å². The van der Waals surface area contributed by atoms with E-state index in [1.165, 1.54) is 57.8 Å². The van der Waals surface area contributed by atoms with E-state index < -0.39 is 6.10 Å². The van der Waals surface area contributed by atoms with Gasteiger partial charge in [-0.1, -0.05) is 165 Å². The summed E-state index contributed by atoms with van der Waals surface area (Å²) in [7, 11) is 0. The molecule has 0 fully saturated rings. The molecule has 316 valence electrons. The monoisotopic (exact) mass is 769 g/mol. The number of hydrogen-bond donors (Lipinski definition) is 0. The summed E-state index contributed by atoms with van der Waals surface area (Å²) >= 11 is 0. The Balaban J connectivity index is 4.35. The number of carbonyl (C=O) groups excluding carboxylic acids is 3. The first-order valence-electron chi connectivity index (χ1n) is 22.8. The number of esters is 3. The van der Waals surface area contributed by atoms with E-state index in [0.29, 0.717) is 19.3 Å². The fourth-order valence-corrected chi connectivity index (χ4v) is 6.05. The van der Waals surface area contributed by atoms with Gasteiger partial charge >= 0.3 is 17.9 Å². The van der Waals surface area contributed by atoms with Gasteiger partial charge in [0.25, 0.3) is 0 Å². The smallest absolute Gasteiger partial charge is 0.306 e. The van der Waals surface area contributed by atoms with Gasteiger partial charge < -0.3 is 14.2 Å². The second-order valence-electron chi connectivity index (χ2n) is 14.9. The topological polar surface area (TPSA) is 78.9 Å². The Hall–Kier alpha value is -2.89. The second-order valence-corrected chi connectivity index (χ2v) is 14.9. The highest BCUT2D eigenvalue weighted by Crippen LogP contribution is 2.13. The van der Waals surface area contributed by atoms with Crippen molar-refractivity contribution >= 4 is 17.9 Å². The number of allylic oxidation sites excluding steroid dienone is 10. The van der Waals surface area contributed by atoms with Crippen molar-refractivity contribution in [3.63, 3.8) is 0 Å². The van der Waals surface area contributed by atoms with Gasteiger partial charge in [0.05, 0.1) is 0 Å². The van der Waals surface area contributed by atoms with Crippen LogP contribution in [0.2, 0.25) is 0 Å². The minimum Gasteiger partial charge on any atom is -0.462 e. The molecule has 0 bridgehead atoms. The van der Waals surface area contributed by atoms with Crippen molar-refractivity contribution < 1.29 is 28.6 Å². The normalized spacial score (nSPS) is 12.6. The number of ether oxygens (including phenoxy) is 3. The van der Waals surface area contributed by atoms with Crippen LogP contribution < -0.4 is 0 Å².